The predicted octanol–water partition coefficient (Wildman–Crippen LogP) is 6.17. The van der Waals surface area contributed by atoms with Gasteiger partial charge in [0, 0.05) is 22.6 Å². The number of hydrogen-bond acceptors (Lipinski definition) is 4. The van der Waals surface area contributed by atoms with Gasteiger partial charge in [0.1, 0.15) is 12.6 Å². The zero-order valence-corrected chi connectivity index (χ0v) is 24.9. The summed E-state index contributed by atoms with van der Waals surface area (Å²) in [5.41, 5.74) is 0.805. The first kappa shape index (κ1) is 30.8. The molecule has 208 valence electrons. The molecular weight excluding hydrogens is 581 g/mol. The SMILES string of the molecule is CC[C@@H](C)NC(=O)[C@@H](C)N(Cc1ccc(Cl)cc1)C(=O)CN(c1ccc(Cl)cc1Cl)S(=O)(=O)c1ccccc1. The van der Waals surface area contributed by atoms with Gasteiger partial charge in [0.15, 0.2) is 0 Å². The van der Waals surface area contributed by atoms with Crippen LogP contribution in [0, 0.1) is 0 Å². The zero-order chi connectivity index (χ0) is 28.7. The fraction of sp³-hybridized carbons (Fsp3) is 0.286. The lowest BCUT2D eigenvalue weighted by Gasteiger charge is -2.32. The van der Waals surface area contributed by atoms with Gasteiger partial charge in [-0.05, 0) is 68.3 Å². The van der Waals surface area contributed by atoms with Gasteiger partial charge in [0.2, 0.25) is 11.8 Å². The quantitative estimate of drug-likeness (QED) is 0.281. The molecule has 0 bridgehead atoms. The lowest BCUT2D eigenvalue weighted by Crippen LogP contribution is -2.52. The summed E-state index contributed by atoms with van der Waals surface area (Å²) in [5, 5.41) is 3.79. The number of rotatable bonds is 11. The molecule has 1 N–H and O–H groups in total. The van der Waals surface area contributed by atoms with Crippen LogP contribution in [0.3, 0.4) is 0 Å². The van der Waals surface area contributed by atoms with Crippen LogP contribution >= 0.6 is 34.8 Å². The van der Waals surface area contributed by atoms with Crippen molar-refractivity contribution in [1.82, 2.24) is 10.2 Å². The highest BCUT2D eigenvalue weighted by Crippen LogP contribution is 2.33. The maximum absolute atomic E-state index is 13.9. The molecule has 0 heterocycles. The minimum Gasteiger partial charge on any atom is -0.352 e. The normalized spacial score (nSPS) is 12.9. The van der Waals surface area contributed by atoms with Crippen LogP contribution < -0.4 is 9.62 Å². The number of carbonyl (C=O) groups excluding carboxylic acids is 2. The number of nitrogens with one attached hydrogen (secondary N) is 1. The van der Waals surface area contributed by atoms with Crippen molar-refractivity contribution in [2.45, 2.75) is 50.7 Å². The second-order valence-corrected chi connectivity index (χ2v) is 12.2. The van der Waals surface area contributed by atoms with Crippen LogP contribution in [0.1, 0.15) is 32.8 Å². The molecule has 0 aliphatic heterocycles. The van der Waals surface area contributed by atoms with Crippen molar-refractivity contribution in [1.29, 1.82) is 0 Å². The largest absolute Gasteiger partial charge is 0.352 e. The van der Waals surface area contributed by atoms with E-state index in [1.165, 1.54) is 35.2 Å². The van der Waals surface area contributed by atoms with Crippen molar-refractivity contribution in [2.24, 2.45) is 0 Å². The molecule has 0 aliphatic carbocycles. The molecule has 0 radical (unpaired) electrons. The monoisotopic (exact) mass is 609 g/mol. The molecule has 11 heteroatoms. The Morgan fingerprint density at radius 3 is 2.10 bits per heavy atom. The average Bonchev–Trinajstić information content (AvgIpc) is 2.91. The van der Waals surface area contributed by atoms with Crippen LogP contribution in [-0.2, 0) is 26.2 Å². The lowest BCUT2D eigenvalue weighted by atomic mass is 10.1. The standard InChI is InChI=1S/C28H30Cl3N3O4S/c1-4-19(2)32-28(36)20(3)33(17-21-10-12-22(29)13-11-21)27(35)18-34(26-15-14-23(30)16-25(26)31)39(37,38)24-8-6-5-7-9-24/h5-16,19-20H,4,17-18H2,1-3H3,(H,32,36)/t19-,20-/m1/s1. The van der Waals surface area contributed by atoms with E-state index >= 15 is 0 Å². The van der Waals surface area contributed by atoms with Gasteiger partial charge in [-0.15, -0.1) is 0 Å². The molecular formula is C28H30Cl3N3O4S. The van der Waals surface area contributed by atoms with Crippen molar-refractivity contribution in [3.8, 4) is 0 Å². The minimum atomic E-state index is -4.23. The molecule has 0 fully saturated rings. The number of carbonyl (C=O) groups is 2. The highest BCUT2D eigenvalue weighted by Gasteiger charge is 2.33. The third-order valence-electron chi connectivity index (χ3n) is 6.22. The molecule has 3 aromatic carbocycles. The molecule has 3 rings (SSSR count). The molecule has 0 saturated heterocycles. The van der Waals surface area contributed by atoms with Crippen LogP contribution in [0.2, 0.25) is 15.1 Å². The van der Waals surface area contributed by atoms with Crippen molar-refractivity contribution in [3.05, 3.63) is 93.4 Å². The van der Waals surface area contributed by atoms with Crippen molar-refractivity contribution in [3.63, 3.8) is 0 Å². The number of halogens is 3. The summed E-state index contributed by atoms with van der Waals surface area (Å²) < 4.78 is 28.5. The Morgan fingerprint density at radius 2 is 1.51 bits per heavy atom. The minimum absolute atomic E-state index is 0.0179. The van der Waals surface area contributed by atoms with Gasteiger partial charge in [-0.25, -0.2) is 8.42 Å². The van der Waals surface area contributed by atoms with Crippen LogP contribution in [0.5, 0.6) is 0 Å². The maximum Gasteiger partial charge on any atom is 0.264 e. The van der Waals surface area contributed by atoms with Gasteiger partial charge in [-0.2, -0.15) is 0 Å². The summed E-state index contributed by atoms with van der Waals surface area (Å²) in [5.74, 6) is -0.948. The molecule has 0 saturated carbocycles. The van der Waals surface area contributed by atoms with E-state index in [0.29, 0.717) is 16.5 Å². The molecule has 3 aromatic rings. The molecule has 0 spiro atoms. The molecule has 2 amide bonds. The molecule has 7 nitrogen and oxygen atoms in total. The first-order valence-electron chi connectivity index (χ1n) is 12.3. The third kappa shape index (κ3) is 7.88. The van der Waals surface area contributed by atoms with E-state index in [9.17, 15) is 18.0 Å². The van der Waals surface area contributed by atoms with E-state index in [1.807, 2.05) is 13.8 Å². The Hall–Kier alpha value is -2.78. The molecule has 2 atom stereocenters. The summed E-state index contributed by atoms with van der Waals surface area (Å²) in [4.78, 5) is 28.3. The summed E-state index contributed by atoms with van der Waals surface area (Å²) >= 11 is 18.5. The van der Waals surface area contributed by atoms with E-state index in [0.717, 1.165) is 9.87 Å². The molecule has 0 aromatic heterocycles. The van der Waals surface area contributed by atoms with Gasteiger partial charge >= 0.3 is 0 Å². The Balaban J connectivity index is 2.04. The van der Waals surface area contributed by atoms with E-state index < -0.39 is 28.5 Å². The van der Waals surface area contributed by atoms with Gasteiger partial charge in [-0.1, -0.05) is 72.1 Å². The number of nitrogens with zero attached hydrogens (tertiary/aromatic N) is 2. The van der Waals surface area contributed by atoms with Crippen molar-refractivity contribution >= 4 is 62.3 Å². The first-order valence-corrected chi connectivity index (χ1v) is 14.9. The summed E-state index contributed by atoms with van der Waals surface area (Å²) in [6.07, 6.45) is 0.710. The van der Waals surface area contributed by atoms with E-state index in [2.05, 4.69) is 5.32 Å². The maximum atomic E-state index is 13.9. The van der Waals surface area contributed by atoms with Crippen molar-refractivity contribution < 1.29 is 18.0 Å². The fourth-order valence-electron chi connectivity index (χ4n) is 3.75. The molecule has 0 unspecified atom stereocenters. The third-order valence-corrected chi connectivity index (χ3v) is 8.79. The number of sulfonamides is 1. The highest BCUT2D eigenvalue weighted by molar-refractivity contribution is 7.92. The van der Waals surface area contributed by atoms with Crippen LogP contribution in [0.15, 0.2) is 77.7 Å². The number of amides is 2. The predicted molar refractivity (Wildman–Crippen MR) is 157 cm³/mol. The fourth-order valence-corrected chi connectivity index (χ4v) is 5.89. The topological polar surface area (TPSA) is 86.8 Å². The number of hydrogen-bond donors (Lipinski definition) is 1. The van der Waals surface area contributed by atoms with Crippen LogP contribution in [0.4, 0.5) is 5.69 Å². The van der Waals surface area contributed by atoms with Crippen LogP contribution in [0.25, 0.3) is 0 Å². The lowest BCUT2D eigenvalue weighted by molar-refractivity contribution is -0.139. The summed E-state index contributed by atoms with van der Waals surface area (Å²) in [7, 11) is -4.23. The first-order chi connectivity index (χ1) is 18.4. The van der Waals surface area contributed by atoms with Gasteiger partial charge in [0.05, 0.1) is 15.6 Å². The van der Waals surface area contributed by atoms with E-state index in [4.69, 9.17) is 34.8 Å². The summed E-state index contributed by atoms with van der Waals surface area (Å²) in [6.45, 7) is 4.86. The number of anilines is 1. The van der Waals surface area contributed by atoms with Gasteiger partial charge < -0.3 is 10.2 Å². The van der Waals surface area contributed by atoms with Gasteiger partial charge in [-0.3, -0.25) is 13.9 Å². The zero-order valence-electron chi connectivity index (χ0n) is 21.8. The smallest absolute Gasteiger partial charge is 0.264 e. The Bertz CT molecular complexity index is 1400. The Kier molecular flexibility index (Phi) is 10.7. The Labute approximate surface area is 244 Å². The van der Waals surface area contributed by atoms with E-state index in [1.54, 1.807) is 49.4 Å². The second-order valence-electron chi connectivity index (χ2n) is 9.06. The second kappa shape index (κ2) is 13.5. The molecule has 0 aliphatic rings. The van der Waals surface area contributed by atoms with Crippen molar-refractivity contribution in [2.75, 3.05) is 10.8 Å². The van der Waals surface area contributed by atoms with E-state index in [-0.39, 0.29) is 34.1 Å². The number of benzene rings is 3. The Morgan fingerprint density at radius 1 is 0.897 bits per heavy atom. The molecule has 39 heavy (non-hydrogen) atoms. The highest BCUT2D eigenvalue weighted by atomic mass is 35.5. The van der Waals surface area contributed by atoms with Gasteiger partial charge in [0.25, 0.3) is 10.0 Å². The van der Waals surface area contributed by atoms with Crippen LogP contribution in [-0.4, -0.2) is 43.8 Å². The summed E-state index contributed by atoms with van der Waals surface area (Å²) in [6, 6.07) is 17.9. The average molecular weight is 611 g/mol.